The number of nitrogens with zero attached hydrogens (tertiary/aromatic N) is 1. The van der Waals surface area contributed by atoms with Gasteiger partial charge in [0.15, 0.2) is 0 Å². The topological polar surface area (TPSA) is 42.0 Å². The van der Waals surface area contributed by atoms with Crippen molar-refractivity contribution in [3.63, 3.8) is 0 Å². The van der Waals surface area contributed by atoms with Crippen molar-refractivity contribution in [3.8, 4) is 0 Å². The van der Waals surface area contributed by atoms with Gasteiger partial charge in [-0.1, -0.05) is 59.2 Å². The minimum Gasteiger partial charge on any atom is -0.352 e. The summed E-state index contributed by atoms with van der Waals surface area (Å²) in [6.45, 7) is 0.484. The van der Waals surface area contributed by atoms with Crippen molar-refractivity contribution >= 4 is 52.2 Å². The molecule has 0 aliphatic carbocycles. The highest BCUT2D eigenvalue weighted by Gasteiger charge is 2.08. The van der Waals surface area contributed by atoms with Crippen LogP contribution in [0.4, 0.5) is 0 Å². The first-order valence-electron chi connectivity index (χ1n) is 7.91. The van der Waals surface area contributed by atoms with Crippen LogP contribution in [0.2, 0.25) is 10.0 Å². The fourth-order valence-electron chi connectivity index (χ4n) is 2.19. The molecule has 0 atom stereocenters. The standard InChI is InChI=1S/C19H16Cl2N2OS2/c20-15-5-1-13(2-6-15)10-22-18(24)9-17-12-26-19(23-17)25-11-14-3-7-16(21)8-4-14/h1-8,12H,9-11H2,(H,22,24). The van der Waals surface area contributed by atoms with Gasteiger partial charge in [0.1, 0.15) is 4.34 Å². The van der Waals surface area contributed by atoms with Crippen LogP contribution in [0.1, 0.15) is 16.8 Å². The summed E-state index contributed by atoms with van der Waals surface area (Å²) in [6, 6.07) is 15.2. The van der Waals surface area contributed by atoms with Gasteiger partial charge in [0.2, 0.25) is 5.91 Å². The third-order valence-corrected chi connectivity index (χ3v) is 6.20. The van der Waals surface area contributed by atoms with Gasteiger partial charge in [-0.3, -0.25) is 4.79 Å². The van der Waals surface area contributed by atoms with Crippen molar-refractivity contribution in [2.45, 2.75) is 23.1 Å². The number of thiazole rings is 1. The molecule has 3 rings (SSSR count). The molecule has 1 heterocycles. The van der Waals surface area contributed by atoms with E-state index in [9.17, 15) is 4.79 Å². The van der Waals surface area contributed by atoms with E-state index in [-0.39, 0.29) is 12.3 Å². The van der Waals surface area contributed by atoms with E-state index >= 15 is 0 Å². The Labute approximate surface area is 170 Å². The van der Waals surface area contributed by atoms with E-state index < -0.39 is 0 Å². The second kappa shape index (κ2) is 9.42. The highest BCUT2D eigenvalue weighted by Crippen LogP contribution is 2.26. The first kappa shape index (κ1) is 19.2. The van der Waals surface area contributed by atoms with E-state index in [1.165, 1.54) is 5.56 Å². The maximum atomic E-state index is 12.1. The summed E-state index contributed by atoms with van der Waals surface area (Å²) in [5.41, 5.74) is 3.00. The van der Waals surface area contributed by atoms with Crippen molar-refractivity contribution < 1.29 is 4.79 Å². The highest BCUT2D eigenvalue weighted by molar-refractivity contribution is 8.00. The minimum absolute atomic E-state index is 0.0421. The van der Waals surface area contributed by atoms with Crippen molar-refractivity contribution in [3.05, 3.63) is 80.8 Å². The summed E-state index contributed by atoms with van der Waals surface area (Å²) < 4.78 is 0.959. The van der Waals surface area contributed by atoms with Crippen LogP contribution in [-0.2, 0) is 23.5 Å². The molecule has 134 valence electrons. The summed E-state index contributed by atoms with van der Waals surface area (Å²) in [4.78, 5) is 16.6. The van der Waals surface area contributed by atoms with E-state index in [1.54, 1.807) is 23.1 Å². The molecule has 1 amide bonds. The molecule has 0 bridgehead atoms. The third kappa shape index (κ3) is 6.02. The molecular weight excluding hydrogens is 407 g/mol. The molecule has 3 aromatic rings. The molecular formula is C19H16Cl2N2OS2. The SMILES string of the molecule is O=C(Cc1csc(SCc2ccc(Cl)cc2)n1)NCc1ccc(Cl)cc1. The highest BCUT2D eigenvalue weighted by atomic mass is 35.5. The molecule has 0 saturated heterocycles. The monoisotopic (exact) mass is 422 g/mol. The Morgan fingerprint density at radius 3 is 2.27 bits per heavy atom. The molecule has 26 heavy (non-hydrogen) atoms. The average Bonchev–Trinajstić information content (AvgIpc) is 3.08. The van der Waals surface area contributed by atoms with E-state index in [1.807, 2.05) is 53.9 Å². The van der Waals surface area contributed by atoms with Crippen LogP contribution in [0.3, 0.4) is 0 Å². The first-order chi connectivity index (χ1) is 12.6. The number of thioether (sulfide) groups is 1. The normalized spacial score (nSPS) is 10.7. The zero-order valence-corrected chi connectivity index (χ0v) is 16.9. The Morgan fingerprint density at radius 1 is 1.00 bits per heavy atom. The number of halogens is 2. The van der Waals surface area contributed by atoms with Gasteiger partial charge in [-0.2, -0.15) is 0 Å². The predicted octanol–water partition coefficient (Wildman–Crippen LogP) is 5.60. The molecule has 0 spiro atoms. The summed E-state index contributed by atoms with van der Waals surface area (Å²) in [7, 11) is 0. The van der Waals surface area contributed by atoms with E-state index in [0.717, 1.165) is 26.4 Å². The number of nitrogens with one attached hydrogen (secondary N) is 1. The fourth-order valence-corrected chi connectivity index (χ4v) is 4.24. The summed E-state index contributed by atoms with van der Waals surface area (Å²) in [5, 5.41) is 6.26. The Kier molecular flexibility index (Phi) is 6.97. The number of benzene rings is 2. The van der Waals surface area contributed by atoms with E-state index in [2.05, 4.69) is 10.3 Å². The molecule has 0 unspecified atom stereocenters. The Balaban J connectivity index is 1.45. The Morgan fingerprint density at radius 2 is 1.62 bits per heavy atom. The lowest BCUT2D eigenvalue weighted by Crippen LogP contribution is -2.24. The summed E-state index contributed by atoms with van der Waals surface area (Å²) in [5.74, 6) is 0.784. The maximum absolute atomic E-state index is 12.1. The second-order valence-corrected chi connectivity index (χ2v) is 8.55. The van der Waals surface area contributed by atoms with Gasteiger partial charge in [-0.15, -0.1) is 11.3 Å². The molecule has 3 nitrogen and oxygen atoms in total. The zero-order chi connectivity index (χ0) is 18.4. The molecule has 1 N–H and O–H groups in total. The Bertz CT molecular complexity index is 864. The van der Waals surface area contributed by atoms with Crippen LogP contribution in [0.15, 0.2) is 58.3 Å². The van der Waals surface area contributed by atoms with Crippen molar-refractivity contribution in [2.75, 3.05) is 0 Å². The van der Waals surface area contributed by atoms with Gasteiger partial charge in [-0.25, -0.2) is 4.98 Å². The molecule has 0 fully saturated rings. The Hall–Kier alpha value is -1.53. The summed E-state index contributed by atoms with van der Waals surface area (Å²) >= 11 is 15.0. The molecule has 0 aliphatic heterocycles. The molecule has 0 radical (unpaired) electrons. The number of hydrogen-bond donors (Lipinski definition) is 1. The lowest BCUT2D eigenvalue weighted by Gasteiger charge is -2.04. The number of carbonyl (C=O) groups is 1. The van der Waals surface area contributed by atoms with Crippen molar-refractivity contribution in [1.82, 2.24) is 10.3 Å². The first-order valence-corrected chi connectivity index (χ1v) is 10.5. The number of hydrogen-bond acceptors (Lipinski definition) is 4. The zero-order valence-electron chi connectivity index (χ0n) is 13.7. The van der Waals surface area contributed by atoms with Crippen LogP contribution in [0.25, 0.3) is 0 Å². The second-order valence-electron chi connectivity index (χ2n) is 5.60. The van der Waals surface area contributed by atoms with Gasteiger partial charge in [-0.05, 0) is 35.4 Å². The summed E-state index contributed by atoms with van der Waals surface area (Å²) in [6.07, 6.45) is 0.283. The van der Waals surface area contributed by atoms with Gasteiger partial charge in [0, 0.05) is 27.7 Å². The van der Waals surface area contributed by atoms with E-state index in [0.29, 0.717) is 11.6 Å². The smallest absolute Gasteiger partial charge is 0.226 e. The lowest BCUT2D eigenvalue weighted by molar-refractivity contribution is -0.120. The van der Waals surface area contributed by atoms with Crippen molar-refractivity contribution in [2.24, 2.45) is 0 Å². The number of rotatable bonds is 7. The average molecular weight is 423 g/mol. The largest absolute Gasteiger partial charge is 0.352 e. The number of amides is 1. The molecule has 7 heteroatoms. The lowest BCUT2D eigenvalue weighted by atomic mass is 10.2. The van der Waals surface area contributed by atoms with Crippen LogP contribution < -0.4 is 5.32 Å². The van der Waals surface area contributed by atoms with Gasteiger partial charge < -0.3 is 5.32 Å². The molecule has 2 aromatic carbocycles. The predicted molar refractivity (Wildman–Crippen MR) is 110 cm³/mol. The van der Waals surface area contributed by atoms with Crippen LogP contribution in [-0.4, -0.2) is 10.9 Å². The molecule has 1 aromatic heterocycles. The van der Waals surface area contributed by atoms with Gasteiger partial charge >= 0.3 is 0 Å². The molecule has 0 saturated carbocycles. The van der Waals surface area contributed by atoms with Crippen LogP contribution in [0, 0.1) is 0 Å². The minimum atomic E-state index is -0.0421. The van der Waals surface area contributed by atoms with E-state index in [4.69, 9.17) is 23.2 Å². The van der Waals surface area contributed by atoms with Crippen LogP contribution >= 0.6 is 46.3 Å². The molecule has 0 aliphatic rings. The number of aromatic nitrogens is 1. The van der Waals surface area contributed by atoms with Gasteiger partial charge in [0.05, 0.1) is 12.1 Å². The van der Waals surface area contributed by atoms with Crippen molar-refractivity contribution in [1.29, 1.82) is 0 Å². The quantitative estimate of drug-likeness (QED) is 0.503. The fraction of sp³-hybridized carbons (Fsp3) is 0.158. The number of carbonyl (C=O) groups excluding carboxylic acids is 1. The van der Waals surface area contributed by atoms with Gasteiger partial charge in [0.25, 0.3) is 0 Å². The van der Waals surface area contributed by atoms with Crippen LogP contribution in [0.5, 0.6) is 0 Å². The maximum Gasteiger partial charge on any atom is 0.226 e. The third-order valence-electron chi connectivity index (χ3n) is 3.55.